The maximum Gasteiger partial charge on any atom is 0.124 e. The smallest absolute Gasteiger partial charge is 0.124 e. The molecule has 2 fully saturated rings. The topological polar surface area (TPSA) is 44.7 Å². The maximum absolute atomic E-state index is 10.1. The minimum atomic E-state index is 0.161. The summed E-state index contributed by atoms with van der Waals surface area (Å²) in [6, 6.07) is 7.04. The number of methoxy groups -OCH3 is 1. The minimum Gasteiger partial charge on any atom is -0.507 e. The van der Waals surface area contributed by atoms with E-state index in [9.17, 15) is 5.11 Å². The van der Waals surface area contributed by atoms with Crippen LogP contribution in [0.3, 0.4) is 0 Å². The number of hydrogen-bond acceptors (Lipinski definition) is 4. The molecule has 4 heteroatoms. The average molecular weight is 290 g/mol. The largest absolute Gasteiger partial charge is 0.507 e. The number of aromatic hydroxyl groups is 1. The van der Waals surface area contributed by atoms with Crippen molar-refractivity contribution in [3.05, 3.63) is 23.8 Å². The lowest BCUT2D eigenvalue weighted by molar-refractivity contribution is 0.162. The number of phenolic OH excluding ortho intramolecular Hbond substituents is 1. The molecule has 0 aromatic heterocycles. The Bertz CT molecular complexity index is 492. The summed E-state index contributed by atoms with van der Waals surface area (Å²) >= 11 is 0. The highest BCUT2D eigenvalue weighted by atomic mass is 16.5. The maximum atomic E-state index is 10.1. The zero-order valence-corrected chi connectivity index (χ0v) is 13.0. The Hall–Kier alpha value is -1.26. The quantitative estimate of drug-likeness (QED) is 0.895. The average Bonchev–Trinajstić information content (AvgIpc) is 2.94. The molecule has 1 aromatic carbocycles. The highest BCUT2D eigenvalue weighted by Gasteiger charge is 2.32. The molecule has 116 valence electrons. The third-order valence-electron chi connectivity index (χ3n) is 5.01. The van der Waals surface area contributed by atoms with E-state index < -0.39 is 0 Å². The molecule has 2 aliphatic heterocycles. The molecule has 0 radical (unpaired) electrons. The van der Waals surface area contributed by atoms with Crippen LogP contribution in [0.4, 0.5) is 0 Å². The van der Waals surface area contributed by atoms with Crippen LogP contribution in [0, 0.1) is 0 Å². The second-order valence-electron chi connectivity index (χ2n) is 6.37. The molecule has 3 unspecified atom stereocenters. The minimum absolute atomic E-state index is 0.161. The second kappa shape index (κ2) is 6.24. The molecular formula is C17H26N2O2. The number of hydrogen-bond donors (Lipinski definition) is 2. The Morgan fingerprint density at radius 3 is 2.95 bits per heavy atom. The fourth-order valence-electron chi connectivity index (χ4n) is 3.84. The molecule has 3 rings (SSSR count). The van der Waals surface area contributed by atoms with Crippen molar-refractivity contribution in [1.82, 2.24) is 10.2 Å². The van der Waals surface area contributed by atoms with E-state index in [0.29, 0.717) is 17.5 Å². The number of piperidine rings is 1. The van der Waals surface area contributed by atoms with Crippen LogP contribution in [0.2, 0.25) is 0 Å². The van der Waals surface area contributed by atoms with Crippen LogP contribution in [0.25, 0.3) is 0 Å². The number of benzene rings is 1. The molecule has 2 N–H and O–H groups in total. The van der Waals surface area contributed by atoms with E-state index in [1.165, 1.54) is 38.8 Å². The van der Waals surface area contributed by atoms with E-state index in [1.807, 2.05) is 12.1 Å². The van der Waals surface area contributed by atoms with E-state index in [2.05, 4.69) is 17.1 Å². The van der Waals surface area contributed by atoms with Gasteiger partial charge in [0.25, 0.3) is 0 Å². The summed E-state index contributed by atoms with van der Waals surface area (Å²) in [6.45, 7) is 4.62. The monoisotopic (exact) mass is 290 g/mol. The first kappa shape index (κ1) is 14.7. The van der Waals surface area contributed by atoms with Gasteiger partial charge in [-0.2, -0.15) is 0 Å². The van der Waals surface area contributed by atoms with E-state index >= 15 is 0 Å². The molecular weight excluding hydrogens is 264 g/mol. The van der Waals surface area contributed by atoms with Gasteiger partial charge in [0.15, 0.2) is 0 Å². The first-order chi connectivity index (χ1) is 10.2. The van der Waals surface area contributed by atoms with Crippen molar-refractivity contribution in [3.63, 3.8) is 0 Å². The summed E-state index contributed by atoms with van der Waals surface area (Å²) in [5.74, 6) is 1.01. The summed E-state index contributed by atoms with van der Waals surface area (Å²) in [4.78, 5) is 2.63. The molecule has 2 aliphatic rings. The molecule has 4 nitrogen and oxygen atoms in total. The third-order valence-corrected chi connectivity index (χ3v) is 5.01. The van der Waals surface area contributed by atoms with Crippen LogP contribution in [0.1, 0.15) is 44.2 Å². The molecule has 0 saturated carbocycles. The number of ether oxygens (including phenoxy) is 1. The number of fused-ring (bicyclic) bond motifs is 1. The van der Waals surface area contributed by atoms with E-state index in [-0.39, 0.29) is 6.04 Å². The lowest BCUT2D eigenvalue weighted by atomic mass is 9.96. The van der Waals surface area contributed by atoms with Gasteiger partial charge in [0.2, 0.25) is 0 Å². The van der Waals surface area contributed by atoms with Gasteiger partial charge >= 0.3 is 0 Å². The predicted octanol–water partition coefficient (Wildman–Crippen LogP) is 2.68. The van der Waals surface area contributed by atoms with Gasteiger partial charge < -0.3 is 20.1 Å². The van der Waals surface area contributed by atoms with Crippen molar-refractivity contribution in [2.45, 2.75) is 50.7 Å². The molecule has 21 heavy (non-hydrogen) atoms. The highest BCUT2D eigenvalue weighted by molar-refractivity contribution is 5.41. The zero-order valence-electron chi connectivity index (χ0n) is 13.0. The summed E-state index contributed by atoms with van der Waals surface area (Å²) < 4.78 is 5.14. The number of nitrogens with zero attached hydrogens (tertiary/aromatic N) is 1. The molecule has 2 saturated heterocycles. The SMILES string of the molecule is COc1ccc(C(C)NC2CCN3CCCC3C2)c(O)c1. The summed E-state index contributed by atoms with van der Waals surface area (Å²) in [5, 5.41) is 13.8. The van der Waals surface area contributed by atoms with Crippen molar-refractivity contribution in [3.8, 4) is 11.5 Å². The van der Waals surface area contributed by atoms with Crippen LogP contribution in [0.5, 0.6) is 11.5 Å². The number of phenols is 1. The van der Waals surface area contributed by atoms with Gasteiger partial charge in [-0.25, -0.2) is 0 Å². The molecule has 1 aromatic rings. The summed E-state index contributed by atoms with van der Waals surface area (Å²) in [7, 11) is 1.62. The highest BCUT2D eigenvalue weighted by Crippen LogP contribution is 2.31. The summed E-state index contributed by atoms with van der Waals surface area (Å²) in [5.41, 5.74) is 0.949. The number of nitrogens with one attached hydrogen (secondary N) is 1. The van der Waals surface area contributed by atoms with E-state index in [4.69, 9.17) is 4.74 Å². The lowest BCUT2D eigenvalue weighted by Gasteiger charge is -2.36. The van der Waals surface area contributed by atoms with Gasteiger partial charge in [-0.1, -0.05) is 6.07 Å². The normalized spacial score (nSPS) is 27.3. The Morgan fingerprint density at radius 1 is 1.33 bits per heavy atom. The first-order valence-corrected chi connectivity index (χ1v) is 8.04. The van der Waals surface area contributed by atoms with Gasteiger partial charge in [-0.05, 0) is 51.8 Å². The molecule has 0 bridgehead atoms. The molecule has 0 aliphatic carbocycles. The Labute approximate surface area is 127 Å². The zero-order chi connectivity index (χ0) is 14.8. The number of rotatable bonds is 4. The van der Waals surface area contributed by atoms with Crippen LogP contribution in [-0.4, -0.2) is 42.3 Å². The molecule has 3 atom stereocenters. The Kier molecular flexibility index (Phi) is 4.36. The van der Waals surface area contributed by atoms with Gasteiger partial charge in [-0.3, -0.25) is 0 Å². The van der Waals surface area contributed by atoms with Gasteiger partial charge in [-0.15, -0.1) is 0 Å². The first-order valence-electron chi connectivity index (χ1n) is 8.04. The van der Waals surface area contributed by atoms with Crippen LogP contribution in [0.15, 0.2) is 18.2 Å². The Balaban J connectivity index is 1.62. The molecule has 0 spiro atoms. The predicted molar refractivity (Wildman–Crippen MR) is 83.8 cm³/mol. The van der Waals surface area contributed by atoms with E-state index in [1.54, 1.807) is 13.2 Å². The van der Waals surface area contributed by atoms with Crippen molar-refractivity contribution in [2.24, 2.45) is 0 Å². The van der Waals surface area contributed by atoms with Gasteiger partial charge in [0.05, 0.1) is 7.11 Å². The van der Waals surface area contributed by atoms with Crippen LogP contribution in [-0.2, 0) is 0 Å². The Morgan fingerprint density at radius 2 is 2.19 bits per heavy atom. The fraction of sp³-hybridized carbons (Fsp3) is 0.647. The summed E-state index contributed by atoms with van der Waals surface area (Å²) in [6.07, 6.45) is 5.14. The van der Waals surface area contributed by atoms with Crippen LogP contribution >= 0.6 is 0 Å². The van der Waals surface area contributed by atoms with E-state index in [0.717, 1.165) is 11.6 Å². The van der Waals surface area contributed by atoms with Gasteiger partial charge in [0.1, 0.15) is 11.5 Å². The standard InChI is InChI=1S/C17H26N2O2/c1-12(16-6-5-15(21-2)11-17(16)20)18-13-7-9-19-8-3-4-14(19)10-13/h5-6,11-14,18,20H,3-4,7-10H2,1-2H3. The van der Waals surface area contributed by atoms with Crippen molar-refractivity contribution >= 4 is 0 Å². The van der Waals surface area contributed by atoms with Crippen LogP contribution < -0.4 is 10.1 Å². The lowest BCUT2D eigenvalue weighted by Crippen LogP contribution is -2.46. The second-order valence-corrected chi connectivity index (χ2v) is 6.37. The third kappa shape index (κ3) is 3.16. The molecule has 0 amide bonds. The molecule has 2 heterocycles. The van der Waals surface area contributed by atoms with Crippen molar-refractivity contribution in [1.29, 1.82) is 0 Å². The fourth-order valence-corrected chi connectivity index (χ4v) is 3.84. The van der Waals surface area contributed by atoms with Gasteiger partial charge in [0, 0.05) is 29.8 Å². The van der Waals surface area contributed by atoms with Crippen molar-refractivity contribution < 1.29 is 9.84 Å². The van der Waals surface area contributed by atoms with Crippen molar-refractivity contribution in [2.75, 3.05) is 20.2 Å².